The Morgan fingerprint density at radius 3 is 1.79 bits per heavy atom. The summed E-state index contributed by atoms with van der Waals surface area (Å²) < 4.78 is 24.1. The molecule has 111 valence electrons. The maximum absolute atomic E-state index is 12.8. The van der Waals surface area contributed by atoms with Gasteiger partial charge in [-0.1, -0.05) is 0 Å². The van der Waals surface area contributed by atoms with E-state index < -0.39 is 24.9 Å². The smallest absolute Gasteiger partial charge is 0.292 e. The number of carbonyl (C=O) groups is 1. The van der Waals surface area contributed by atoms with Crippen molar-refractivity contribution in [3.63, 3.8) is 0 Å². The third-order valence-electron chi connectivity index (χ3n) is 3.07. The van der Waals surface area contributed by atoms with Gasteiger partial charge in [-0.15, -0.1) is 10.3 Å². The molecular weight excluding hydrogens is 271 g/mol. The third-order valence-corrected chi connectivity index (χ3v) is 5.40. The number of hydroxylamine groups is 2. The van der Waals surface area contributed by atoms with Crippen molar-refractivity contribution in [1.29, 1.82) is 0 Å². The van der Waals surface area contributed by atoms with Crippen LogP contribution in [0.3, 0.4) is 0 Å². The molecule has 8 heteroatoms. The molecule has 1 radical (unpaired) electrons. The third kappa shape index (κ3) is 2.45. The number of rotatable bonds is 5. The van der Waals surface area contributed by atoms with Crippen molar-refractivity contribution in [2.75, 3.05) is 13.2 Å². The van der Waals surface area contributed by atoms with E-state index >= 15 is 0 Å². The standard InChI is InChI=1S/C11H22N2O5P/c1-7-17-19(16,18-8-2)12-9(14)10(3,4)13(15)11(12,5)6/h7-8H2,1-6H3. The van der Waals surface area contributed by atoms with Gasteiger partial charge in [-0.05, 0) is 41.5 Å². The van der Waals surface area contributed by atoms with Gasteiger partial charge in [0.15, 0.2) is 0 Å². The van der Waals surface area contributed by atoms with E-state index in [4.69, 9.17) is 9.05 Å². The van der Waals surface area contributed by atoms with Crippen LogP contribution in [0.2, 0.25) is 0 Å². The topological polar surface area (TPSA) is 79.0 Å². The molecule has 0 unspecified atom stereocenters. The van der Waals surface area contributed by atoms with Crippen LogP contribution in [0.25, 0.3) is 0 Å². The predicted octanol–water partition coefficient (Wildman–Crippen LogP) is 2.17. The lowest BCUT2D eigenvalue weighted by molar-refractivity contribution is -0.253. The number of nitrogens with zero attached hydrogens (tertiary/aromatic N) is 2. The Balaban J connectivity index is 3.31. The Labute approximate surface area is 114 Å². The van der Waals surface area contributed by atoms with Crippen LogP contribution in [-0.2, 0) is 23.6 Å². The largest absolute Gasteiger partial charge is 0.439 e. The highest BCUT2D eigenvalue weighted by molar-refractivity contribution is 7.52. The van der Waals surface area contributed by atoms with E-state index in [1.54, 1.807) is 13.8 Å². The van der Waals surface area contributed by atoms with E-state index in [0.717, 1.165) is 4.67 Å². The molecule has 0 aromatic heterocycles. The van der Waals surface area contributed by atoms with Gasteiger partial charge in [0.2, 0.25) is 0 Å². The van der Waals surface area contributed by atoms with Gasteiger partial charge >= 0.3 is 7.75 Å². The van der Waals surface area contributed by atoms with Crippen LogP contribution < -0.4 is 0 Å². The summed E-state index contributed by atoms with van der Waals surface area (Å²) in [6, 6.07) is 0. The second kappa shape index (κ2) is 5.14. The minimum atomic E-state index is -3.82. The van der Waals surface area contributed by atoms with Crippen molar-refractivity contribution in [1.82, 2.24) is 9.73 Å². The quantitative estimate of drug-likeness (QED) is 0.726. The molecule has 1 aliphatic rings. The summed E-state index contributed by atoms with van der Waals surface area (Å²) in [4.78, 5) is 12.4. The van der Waals surface area contributed by atoms with E-state index in [2.05, 4.69) is 0 Å². The van der Waals surface area contributed by atoms with Gasteiger partial charge in [-0.3, -0.25) is 13.8 Å². The first-order valence-corrected chi connectivity index (χ1v) is 7.77. The molecule has 0 aromatic carbocycles. The zero-order valence-corrected chi connectivity index (χ0v) is 13.2. The summed E-state index contributed by atoms with van der Waals surface area (Å²) in [5.74, 6) is -0.558. The normalized spacial score (nSPS) is 23.1. The number of amides is 1. The van der Waals surface area contributed by atoms with Crippen LogP contribution in [0.15, 0.2) is 0 Å². The predicted molar refractivity (Wildman–Crippen MR) is 68.4 cm³/mol. The molecule has 0 spiro atoms. The molecule has 1 saturated heterocycles. The van der Waals surface area contributed by atoms with E-state index in [0.29, 0.717) is 5.06 Å². The van der Waals surface area contributed by atoms with Crippen molar-refractivity contribution in [2.45, 2.75) is 52.7 Å². The zero-order valence-electron chi connectivity index (χ0n) is 12.3. The van der Waals surface area contributed by atoms with Gasteiger partial charge in [-0.2, -0.15) is 0 Å². The van der Waals surface area contributed by atoms with E-state index in [1.165, 1.54) is 27.7 Å². The molecule has 1 aliphatic heterocycles. The molecule has 7 nitrogen and oxygen atoms in total. The summed E-state index contributed by atoms with van der Waals surface area (Å²) in [5.41, 5.74) is -2.59. The van der Waals surface area contributed by atoms with E-state index in [9.17, 15) is 14.6 Å². The van der Waals surface area contributed by atoms with Crippen molar-refractivity contribution < 1.29 is 23.6 Å². The average Bonchev–Trinajstić information content (AvgIpc) is 2.38. The van der Waals surface area contributed by atoms with Gasteiger partial charge in [0.05, 0.1) is 13.2 Å². The van der Waals surface area contributed by atoms with Gasteiger partial charge in [0, 0.05) is 0 Å². The molecule has 0 aliphatic carbocycles. The number of carbonyl (C=O) groups excluding carboxylic acids is 1. The van der Waals surface area contributed by atoms with Gasteiger partial charge in [0.1, 0.15) is 11.2 Å². The first-order valence-electron chi connectivity index (χ1n) is 6.27. The Morgan fingerprint density at radius 2 is 1.53 bits per heavy atom. The minimum Gasteiger partial charge on any atom is -0.292 e. The maximum Gasteiger partial charge on any atom is 0.439 e. The van der Waals surface area contributed by atoms with E-state index in [1.807, 2.05) is 0 Å². The lowest BCUT2D eigenvalue weighted by Crippen LogP contribution is -2.48. The lowest BCUT2D eigenvalue weighted by atomic mass is 10.1. The van der Waals surface area contributed by atoms with Crippen LogP contribution in [-0.4, -0.2) is 40.1 Å². The molecule has 0 atom stereocenters. The summed E-state index contributed by atoms with van der Waals surface area (Å²) in [6.07, 6.45) is 0. The average molecular weight is 293 g/mol. The van der Waals surface area contributed by atoms with Crippen LogP contribution in [0.4, 0.5) is 0 Å². The molecular formula is C11H22N2O5P. The lowest BCUT2D eigenvalue weighted by Gasteiger charge is -2.36. The van der Waals surface area contributed by atoms with Crippen molar-refractivity contribution in [3.05, 3.63) is 0 Å². The highest BCUT2D eigenvalue weighted by Gasteiger charge is 2.64. The molecule has 0 N–H and O–H groups in total. The first kappa shape index (κ1) is 16.6. The van der Waals surface area contributed by atoms with Gasteiger partial charge < -0.3 is 0 Å². The monoisotopic (exact) mass is 293 g/mol. The summed E-state index contributed by atoms with van der Waals surface area (Å²) in [5, 5.41) is 12.9. The molecule has 0 saturated carbocycles. The van der Waals surface area contributed by atoms with Crippen LogP contribution in [0, 0.1) is 0 Å². The molecule has 19 heavy (non-hydrogen) atoms. The fraction of sp³-hybridized carbons (Fsp3) is 0.909. The SMILES string of the molecule is CCOP(=O)(OCC)N1C(=O)C(C)(C)N([O])C1(C)C. The molecule has 0 bridgehead atoms. The maximum atomic E-state index is 12.8. The van der Waals surface area contributed by atoms with Crippen LogP contribution >= 0.6 is 7.75 Å². The zero-order chi connectivity index (χ0) is 15.1. The molecule has 1 amide bonds. The second-order valence-electron chi connectivity index (χ2n) is 5.27. The van der Waals surface area contributed by atoms with E-state index in [-0.39, 0.29) is 13.2 Å². The van der Waals surface area contributed by atoms with Crippen molar-refractivity contribution in [3.8, 4) is 0 Å². The number of hydrogen-bond donors (Lipinski definition) is 0. The fourth-order valence-corrected chi connectivity index (χ4v) is 4.36. The van der Waals surface area contributed by atoms with Gasteiger partial charge in [0.25, 0.3) is 5.91 Å². The molecule has 1 fully saturated rings. The van der Waals surface area contributed by atoms with Gasteiger partial charge in [-0.25, -0.2) is 9.24 Å². The highest BCUT2D eigenvalue weighted by Crippen LogP contribution is 2.60. The second-order valence-corrected chi connectivity index (χ2v) is 7.12. The van der Waals surface area contributed by atoms with Crippen molar-refractivity contribution in [2.24, 2.45) is 0 Å². The summed E-state index contributed by atoms with van der Waals surface area (Å²) >= 11 is 0. The number of hydrogen-bond acceptors (Lipinski definition) is 5. The Bertz CT molecular complexity index is 400. The highest BCUT2D eigenvalue weighted by atomic mass is 31.2. The fourth-order valence-electron chi connectivity index (χ4n) is 2.25. The Kier molecular flexibility index (Phi) is 4.49. The summed E-state index contributed by atoms with van der Waals surface area (Å²) in [6.45, 7) is 9.58. The first-order chi connectivity index (χ1) is 8.55. The summed E-state index contributed by atoms with van der Waals surface area (Å²) in [7, 11) is -3.82. The van der Waals surface area contributed by atoms with Crippen LogP contribution in [0.1, 0.15) is 41.5 Å². The Hall–Kier alpha value is -0.460. The molecule has 0 aromatic rings. The Morgan fingerprint density at radius 1 is 1.11 bits per heavy atom. The van der Waals surface area contributed by atoms with Crippen LogP contribution in [0.5, 0.6) is 0 Å². The molecule has 1 rings (SSSR count). The minimum absolute atomic E-state index is 0.121. The molecule has 1 heterocycles. The van der Waals surface area contributed by atoms with Crippen molar-refractivity contribution >= 4 is 13.7 Å².